The number of thiazole rings is 1. The molecule has 1 unspecified atom stereocenters. The van der Waals surface area contributed by atoms with Crippen molar-refractivity contribution in [2.24, 2.45) is 15.6 Å². The van der Waals surface area contributed by atoms with Gasteiger partial charge < -0.3 is 25.8 Å². The fourth-order valence-electron chi connectivity index (χ4n) is 3.25. The molecule has 3 N–H and O–H groups in total. The Morgan fingerprint density at radius 3 is 2.79 bits per heavy atom. The average molecular weight is 536 g/mol. The molecule has 14 nitrogen and oxygen atoms in total. The summed E-state index contributed by atoms with van der Waals surface area (Å²) in [5.74, 6) is -2.05. The molecule has 2 amide bonds. The van der Waals surface area contributed by atoms with Crippen molar-refractivity contribution in [2.45, 2.75) is 11.4 Å². The molecule has 0 saturated carbocycles. The van der Waals surface area contributed by atoms with Crippen LogP contribution in [-0.2, 0) is 19.2 Å². The molecule has 2 atom stereocenters. The van der Waals surface area contributed by atoms with Gasteiger partial charge in [-0.1, -0.05) is 10.4 Å². The normalized spacial score (nSPS) is 21.8. The fraction of sp³-hybridized carbons (Fsp3) is 0.438. The second kappa shape index (κ2) is 11.1. The monoisotopic (exact) mass is 535 g/mol. The van der Waals surface area contributed by atoms with Crippen LogP contribution in [0.4, 0.5) is 5.13 Å². The number of fused-ring (bicyclic) bond motifs is 1. The fourth-order valence-corrected chi connectivity index (χ4v) is 6.15. The molecule has 3 aliphatic heterocycles. The molecule has 0 bridgehead atoms. The first-order valence-electron chi connectivity index (χ1n) is 9.34. The van der Waals surface area contributed by atoms with Gasteiger partial charge in [-0.3, -0.25) is 19.5 Å². The Labute approximate surface area is 228 Å². The van der Waals surface area contributed by atoms with Crippen LogP contribution < -0.4 is 45.7 Å². The van der Waals surface area contributed by atoms with Crippen LogP contribution >= 0.6 is 35.0 Å². The number of β-lactam (4-membered cyclic amide) rings is 1. The second-order valence-corrected chi connectivity index (χ2v) is 9.86. The number of hydrogen-bond acceptors (Lipinski definition) is 15. The summed E-state index contributed by atoms with van der Waals surface area (Å²) in [4.78, 5) is 47.4. The van der Waals surface area contributed by atoms with Gasteiger partial charge in [0.15, 0.2) is 10.8 Å². The molecule has 0 aliphatic carbocycles. The van der Waals surface area contributed by atoms with Gasteiger partial charge >= 0.3 is 29.6 Å². The van der Waals surface area contributed by atoms with Crippen LogP contribution in [0.2, 0.25) is 0 Å². The molecule has 1 aromatic heterocycles. The van der Waals surface area contributed by atoms with Crippen LogP contribution in [0.1, 0.15) is 5.69 Å². The Kier molecular flexibility index (Phi) is 8.69. The standard InChI is InChI=1S/C16H19N9O5S3.Na/c1-23-6-24(22-21-23)33-4-7-3-31-14-10(13(27)25(14)11(7)15(28)29)19-12(26)9(20-30-2)8-5-32-16(17)18-8;/h5,10,14H,3-4,6H2,1-2H3,(H2,17,18)(H,19,26)(H,28,29);/q;+1/p-1/b20-9-;/t10?,14-;/m1./s1. The summed E-state index contributed by atoms with van der Waals surface area (Å²) in [6.07, 6.45) is 0. The summed E-state index contributed by atoms with van der Waals surface area (Å²) < 4.78 is 1.61. The molecule has 1 aromatic rings. The van der Waals surface area contributed by atoms with E-state index in [1.807, 2.05) is 0 Å². The molecule has 176 valence electrons. The number of thioether (sulfide) groups is 1. The summed E-state index contributed by atoms with van der Waals surface area (Å²) in [7, 11) is 3.03. The summed E-state index contributed by atoms with van der Waals surface area (Å²) in [6.45, 7) is 0.459. The Morgan fingerprint density at radius 2 is 2.21 bits per heavy atom. The summed E-state index contributed by atoms with van der Waals surface area (Å²) >= 11 is 3.75. The van der Waals surface area contributed by atoms with Gasteiger partial charge in [0, 0.05) is 23.9 Å². The summed E-state index contributed by atoms with van der Waals surface area (Å²) in [6, 6.07) is -0.940. The maximum absolute atomic E-state index is 12.8. The number of nitrogens with one attached hydrogen (secondary N) is 1. The van der Waals surface area contributed by atoms with Crippen LogP contribution in [-0.4, -0.2) is 86.5 Å². The first kappa shape index (κ1) is 26.6. The van der Waals surface area contributed by atoms with Gasteiger partial charge in [-0.25, -0.2) is 4.98 Å². The Morgan fingerprint density at radius 1 is 1.44 bits per heavy atom. The predicted octanol–water partition coefficient (Wildman–Crippen LogP) is -4.38. The van der Waals surface area contributed by atoms with Crippen molar-refractivity contribution < 1.29 is 53.9 Å². The zero-order valence-electron chi connectivity index (χ0n) is 18.3. The Bertz CT molecular complexity index is 1080. The van der Waals surface area contributed by atoms with Crippen molar-refractivity contribution >= 4 is 63.7 Å². The van der Waals surface area contributed by atoms with Crippen molar-refractivity contribution in [2.75, 3.05) is 38.1 Å². The number of carbonyl (C=O) groups is 3. The first-order chi connectivity index (χ1) is 15.8. The van der Waals surface area contributed by atoms with E-state index in [1.165, 1.54) is 36.2 Å². The SMILES string of the molecule is CO/N=C(\C(=O)NC1C(=O)N2C(C(=O)[O-])=C(CSN3CN(C)N=N3)CS[C@H]12)c1csc(N)n1.[Na+]. The first-order valence-corrected chi connectivity index (χ1v) is 12.2. The predicted molar refractivity (Wildman–Crippen MR) is 119 cm³/mol. The topological polar surface area (TPSA) is 181 Å². The molecule has 0 aromatic carbocycles. The maximum Gasteiger partial charge on any atom is 1.00 e. The molecule has 4 heterocycles. The van der Waals surface area contributed by atoms with E-state index >= 15 is 0 Å². The van der Waals surface area contributed by atoms with Gasteiger partial charge in [0.2, 0.25) is 0 Å². The van der Waals surface area contributed by atoms with Crippen LogP contribution in [0.25, 0.3) is 0 Å². The van der Waals surface area contributed by atoms with Gasteiger partial charge in [-0.15, -0.1) is 23.1 Å². The zero-order valence-corrected chi connectivity index (χ0v) is 22.8. The van der Waals surface area contributed by atoms with Crippen LogP contribution in [0, 0.1) is 0 Å². The van der Waals surface area contributed by atoms with Crippen molar-refractivity contribution in [1.29, 1.82) is 0 Å². The maximum atomic E-state index is 12.8. The molecule has 1 saturated heterocycles. The molecule has 18 heteroatoms. The smallest absolute Gasteiger partial charge is 0.543 e. The molecule has 1 fully saturated rings. The number of carboxylic acids is 1. The van der Waals surface area contributed by atoms with Crippen LogP contribution in [0.5, 0.6) is 0 Å². The third-order valence-corrected chi connectivity index (χ3v) is 7.67. The number of aromatic nitrogens is 1. The number of amides is 2. The van der Waals surface area contributed by atoms with Crippen molar-refractivity contribution in [3.8, 4) is 0 Å². The van der Waals surface area contributed by atoms with Gasteiger partial charge in [0.05, 0.1) is 11.7 Å². The van der Waals surface area contributed by atoms with Gasteiger partial charge in [0.25, 0.3) is 11.8 Å². The minimum Gasteiger partial charge on any atom is -0.543 e. The number of nitrogen functional groups attached to an aromatic ring is 1. The largest absolute Gasteiger partial charge is 1.00 e. The Balaban J connectivity index is 0.00000324. The molecule has 3 aliphatic rings. The number of hydrogen-bond donors (Lipinski definition) is 2. The van der Waals surface area contributed by atoms with E-state index in [1.54, 1.807) is 16.5 Å². The molecule has 0 radical (unpaired) electrons. The summed E-state index contributed by atoms with van der Waals surface area (Å²) in [5.41, 5.74) is 6.04. The van der Waals surface area contributed by atoms with Crippen LogP contribution in [0.3, 0.4) is 0 Å². The van der Waals surface area contributed by atoms with E-state index in [0.29, 0.717) is 23.7 Å². The molecule has 0 spiro atoms. The minimum atomic E-state index is -1.45. The van der Waals surface area contributed by atoms with E-state index in [-0.39, 0.29) is 51.8 Å². The van der Waals surface area contributed by atoms with E-state index in [2.05, 4.69) is 25.9 Å². The van der Waals surface area contributed by atoms with Crippen molar-refractivity contribution in [1.82, 2.24) is 24.6 Å². The number of nitrogens with zero attached hydrogens (tertiary/aromatic N) is 7. The number of oxime groups is 1. The Hall–Kier alpha value is -2.05. The number of rotatable bonds is 8. The number of carbonyl (C=O) groups excluding carboxylic acids is 3. The molecular weight excluding hydrogens is 517 g/mol. The number of aliphatic carboxylic acids is 1. The molecule has 34 heavy (non-hydrogen) atoms. The minimum absolute atomic E-state index is 0. The third kappa shape index (κ3) is 5.28. The van der Waals surface area contributed by atoms with E-state index in [0.717, 1.165) is 16.2 Å². The van der Waals surface area contributed by atoms with Crippen molar-refractivity contribution in [3.05, 3.63) is 22.3 Å². The van der Waals surface area contributed by atoms with E-state index in [9.17, 15) is 19.5 Å². The van der Waals surface area contributed by atoms with Gasteiger partial charge in [0.1, 0.15) is 30.9 Å². The second-order valence-electron chi connectivity index (χ2n) is 6.90. The molecule has 4 rings (SSSR count). The third-order valence-electron chi connectivity index (χ3n) is 4.70. The quantitative estimate of drug-likeness (QED) is 0.108. The van der Waals surface area contributed by atoms with Gasteiger partial charge in [-0.2, -0.15) is 4.41 Å². The average Bonchev–Trinajstić information content (AvgIpc) is 3.40. The molecular formula is C16H18N9NaO5S3. The number of nitrogens with two attached hydrogens (primary N) is 1. The van der Waals surface area contributed by atoms with Gasteiger partial charge in [-0.05, 0) is 22.7 Å². The van der Waals surface area contributed by atoms with E-state index < -0.39 is 29.2 Å². The van der Waals surface area contributed by atoms with Crippen LogP contribution in [0.15, 0.2) is 32.3 Å². The summed E-state index contributed by atoms with van der Waals surface area (Å²) in [5, 5.41) is 28.8. The van der Waals surface area contributed by atoms with Crippen molar-refractivity contribution in [3.63, 3.8) is 0 Å². The number of anilines is 1. The van der Waals surface area contributed by atoms with E-state index in [4.69, 9.17) is 10.6 Å². The number of carboxylic acid groups (broad SMARTS) is 1. The zero-order chi connectivity index (χ0) is 23.7.